The van der Waals surface area contributed by atoms with Gasteiger partial charge in [-0.05, 0) is 39.7 Å². The summed E-state index contributed by atoms with van der Waals surface area (Å²) in [7, 11) is 3.77. The van der Waals surface area contributed by atoms with Gasteiger partial charge in [0.1, 0.15) is 5.54 Å². The number of ether oxygens (including phenoxy) is 1. The molecule has 1 saturated carbocycles. The maximum absolute atomic E-state index is 12.2. The molecule has 2 unspecified atom stereocenters. The third-order valence-corrected chi connectivity index (χ3v) is 5.05. The molecule has 6 heteroatoms. The van der Waals surface area contributed by atoms with Crippen molar-refractivity contribution in [2.24, 2.45) is 7.05 Å². The van der Waals surface area contributed by atoms with Gasteiger partial charge in [0.15, 0.2) is 0 Å². The Morgan fingerprint density at radius 2 is 2.50 bits per heavy atom. The highest BCUT2D eigenvalue weighted by molar-refractivity contribution is 8.00. The summed E-state index contributed by atoms with van der Waals surface area (Å²) in [5.41, 5.74) is -0.520. The average Bonchev–Trinajstić information content (AvgIpc) is 2.84. The predicted molar refractivity (Wildman–Crippen MR) is 79.7 cm³/mol. The Morgan fingerprint density at radius 3 is 3.10 bits per heavy atom. The standard InChI is InChI=1S/C14H23N3O2S/c1-4-19-13(18)14(15-2)7-5-6-11(8-14)20-12-9-16-17(3)10-12/h9-11,15H,4-8H2,1-3H3. The molecule has 0 radical (unpaired) electrons. The molecule has 0 aromatic carbocycles. The molecule has 1 fully saturated rings. The Hall–Kier alpha value is -1.01. The van der Waals surface area contributed by atoms with E-state index in [1.807, 2.05) is 49.9 Å². The third-order valence-electron chi connectivity index (χ3n) is 3.83. The zero-order valence-corrected chi connectivity index (χ0v) is 13.2. The number of rotatable bonds is 5. The SMILES string of the molecule is CCOC(=O)C1(NC)CCCC(Sc2cnn(C)c2)C1. The molecule has 1 aromatic heterocycles. The summed E-state index contributed by atoms with van der Waals surface area (Å²) >= 11 is 1.81. The second-order valence-electron chi connectivity index (χ2n) is 5.24. The first-order valence-electron chi connectivity index (χ1n) is 7.11. The van der Waals surface area contributed by atoms with E-state index in [0.717, 1.165) is 30.6 Å². The quantitative estimate of drug-likeness (QED) is 0.842. The first kappa shape index (κ1) is 15.4. The van der Waals surface area contributed by atoms with Crippen molar-refractivity contribution in [1.82, 2.24) is 15.1 Å². The van der Waals surface area contributed by atoms with Crippen LogP contribution in [0, 0.1) is 0 Å². The minimum atomic E-state index is -0.520. The fourth-order valence-corrected chi connectivity index (χ4v) is 4.12. The lowest BCUT2D eigenvalue weighted by Crippen LogP contribution is -2.54. The molecule has 0 saturated heterocycles. The Kier molecular flexibility index (Phi) is 5.10. The minimum Gasteiger partial charge on any atom is -0.465 e. The number of hydrogen-bond donors (Lipinski definition) is 1. The maximum Gasteiger partial charge on any atom is 0.326 e. The predicted octanol–water partition coefficient (Wildman–Crippen LogP) is 1.98. The van der Waals surface area contributed by atoms with Crippen LogP contribution in [0.25, 0.3) is 0 Å². The molecule has 1 aliphatic rings. The van der Waals surface area contributed by atoms with E-state index in [4.69, 9.17) is 4.74 Å². The van der Waals surface area contributed by atoms with Gasteiger partial charge in [0, 0.05) is 23.4 Å². The molecule has 0 bridgehead atoms. The normalized spacial score (nSPS) is 26.4. The highest BCUT2D eigenvalue weighted by Gasteiger charge is 2.43. The largest absolute Gasteiger partial charge is 0.465 e. The van der Waals surface area contributed by atoms with Crippen LogP contribution < -0.4 is 5.32 Å². The number of thioether (sulfide) groups is 1. The van der Waals surface area contributed by atoms with E-state index in [2.05, 4.69) is 10.4 Å². The molecule has 2 atom stereocenters. The molecule has 5 nitrogen and oxygen atoms in total. The Labute approximate surface area is 124 Å². The highest BCUT2D eigenvalue weighted by atomic mass is 32.2. The smallest absolute Gasteiger partial charge is 0.326 e. The lowest BCUT2D eigenvalue weighted by molar-refractivity contribution is -0.152. The number of esters is 1. The summed E-state index contributed by atoms with van der Waals surface area (Å²) in [5, 5.41) is 7.83. The van der Waals surface area contributed by atoms with Crippen LogP contribution in [0.4, 0.5) is 0 Å². The van der Waals surface area contributed by atoms with E-state index < -0.39 is 5.54 Å². The van der Waals surface area contributed by atoms with E-state index in [-0.39, 0.29) is 5.97 Å². The van der Waals surface area contributed by atoms with Crippen LogP contribution in [-0.4, -0.2) is 40.2 Å². The Balaban J connectivity index is 2.04. The van der Waals surface area contributed by atoms with Gasteiger partial charge in [-0.15, -0.1) is 11.8 Å². The average molecular weight is 297 g/mol. The van der Waals surface area contributed by atoms with Gasteiger partial charge in [-0.2, -0.15) is 5.10 Å². The summed E-state index contributed by atoms with van der Waals surface area (Å²) < 4.78 is 7.06. The third kappa shape index (κ3) is 3.35. The van der Waals surface area contributed by atoms with Crippen LogP contribution in [0.2, 0.25) is 0 Å². The molecule has 0 aliphatic heterocycles. The van der Waals surface area contributed by atoms with Crippen LogP contribution in [0.3, 0.4) is 0 Å². The lowest BCUT2D eigenvalue weighted by atomic mass is 9.81. The molecule has 0 spiro atoms. The number of aryl methyl sites for hydroxylation is 1. The van der Waals surface area contributed by atoms with Gasteiger partial charge < -0.3 is 10.1 Å². The first-order chi connectivity index (χ1) is 9.59. The molecule has 2 rings (SSSR count). The zero-order chi connectivity index (χ0) is 14.6. The number of hydrogen-bond acceptors (Lipinski definition) is 5. The van der Waals surface area contributed by atoms with E-state index >= 15 is 0 Å². The van der Waals surface area contributed by atoms with Crippen LogP contribution in [0.1, 0.15) is 32.6 Å². The molecular weight excluding hydrogens is 274 g/mol. The molecule has 1 aliphatic carbocycles. The lowest BCUT2D eigenvalue weighted by Gasteiger charge is -2.38. The van der Waals surface area contributed by atoms with E-state index in [0.29, 0.717) is 11.9 Å². The van der Waals surface area contributed by atoms with Crippen LogP contribution in [0.5, 0.6) is 0 Å². The number of carbonyl (C=O) groups excluding carboxylic acids is 1. The maximum atomic E-state index is 12.2. The van der Waals surface area contributed by atoms with Crippen LogP contribution in [0.15, 0.2) is 17.3 Å². The topological polar surface area (TPSA) is 56.1 Å². The molecule has 0 amide bonds. The number of nitrogens with zero attached hydrogens (tertiary/aromatic N) is 2. The fraction of sp³-hybridized carbons (Fsp3) is 0.714. The van der Waals surface area contributed by atoms with Crippen molar-refractivity contribution < 1.29 is 9.53 Å². The fourth-order valence-electron chi connectivity index (χ4n) is 2.76. The molecule has 112 valence electrons. The summed E-state index contributed by atoms with van der Waals surface area (Å²) in [6, 6.07) is 0. The highest BCUT2D eigenvalue weighted by Crippen LogP contribution is 2.38. The summed E-state index contributed by atoms with van der Waals surface area (Å²) in [4.78, 5) is 13.4. The molecular formula is C14H23N3O2S. The van der Waals surface area contributed by atoms with Gasteiger partial charge in [-0.1, -0.05) is 0 Å². The summed E-state index contributed by atoms with van der Waals surface area (Å²) in [5.74, 6) is -0.112. The number of likely N-dealkylation sites (N-methyl/N-ethyl adjacent to an activating group) is 1. The van der Waals surface area contributed by atoms with Crippen molar-refractivity contribution in [1.29, 1.82) is 0 Å². The van der Waals surface area contributed by atoms with E-state index in [1.54, 1.807) is 0 Å². The second kappa shape index (κ2) is 6.63. The number of aromatic nitrogens is 2. The van der Waals surface area contributed by atoms with Crippen LogP contribution in [-0.2, 0) is 16.6 Å². The Bertz CT molecular complexity index is 463. The van der Waals surface area contributed by atoms with E-state index in [1.165, 1.54) is 0 Å². The van der Waals surface area contributed by atoms with Crippen molar-refractivity contribution in [3.63, 3.8) is 0 Å². The molecule has 20 heavy (non-hydrogen) atoms. The number of carbonyl (C=O) groups is 1. The van der Waals surface area contributed by atoms with Crippen molar-refractivity contribution in [2.45, 2.75) is 48.3 Å². The van der Waals surface area contributed by atoms with Crippen molar-refractivity contribution >= 4 is 17.7 Å². The zero-order valence-electron chi connectivity index (χ0n) is 12.4. The van der Waals surface area contributed by atoms with Gasteiger partial charge in [0.2, 0.25) is 0 Å². The van der Waals surface area contributed by atoms with Gasteiger partial charge in [-0.3, -0.25) is 9.48 Å². The van der Waals surface area contributed by atoms with Crippen molar-refractivity contribution in [3.05, 3.63) is 12.4 Å². The first-order valence-corrected chi connectivity index (χ1v) is 7.99. The molecule has 1 heterocycles. The van der Waals surface area contributed by atoms with Crippen LogP contribution >= 0.6 is 11.8 Å². The van der Waals surface area contributed by atoms with Crippen molar-refractivity contribution in [3.8, 4) is 0 Å². The Morgan fingerprint density at radius 1 is 1.70 bits per heavy atom. The summed E-state index contributed by atoms with van der Waals surface area (Å²) in [6.07, 6.45) is 7.73. The second-order valence-corrected chi connectivity index (χ2v) is 6.61. The number of nitrogens with one attached hydrogen (secondary N) is 1. The van der Waals surface area contributed by atoms with Gasteiger partial charge in [-0.25, -0.2) is 0 Å². The van der Waals surface area contributed by atoms with Crippen molar-refractivity contribution in [2.75, 3.05) is 13.7 Å². The van der Waals surface area contributed by atoms with E-state index in [9.17, 15) is 4.79 Å². The molecule has 1 N–H and O–H groups in total. The summed E-state index contributed by atoms with van der Waals surface area (Å²) in [6.45, 7) is 2.29. The van der Waals surface area contributed by atoms with Gasteiger partial charge in [0.05, 0.1) is 12.8 Å². The van der Waals surface area contributed by atoms with Gasteiger partial charge in [0.25, 0.3) is 0 Å². The van der Waals surface area contributed by atoms with Gasteiger partial charge >= 0.3 is 5.97 Å². The molecule has 1 aromatic rings. The minimum absolute atomic E-state index is 0.112. The monoisotopic (exact) mass is 297 g/mol.